The van der Waals surface area contributed by atoms with E-state index < -0.39 is 0 Å². The number of aromatic nitrogens is 10. The van der Waals surface area contributed by atoms with Crippen LogP contribution in [0.5, 0.6) is 0 Å². The molecule has 16 rings (SSSR count). The first-order valence-corrected chi connectivity index (χ1v) is 32.4. The summed E-state index contributed by atoms with van der Waals surface area (Å²) in [4.78, 5) is 52.5. The van der Waals surface area contributed by atoms with Gasteiger partial charge in [0.25, 0.3) is 0 Å². The van der Waals surface area contributed by atoms with E-state index in [1.54, 1.807) is 12.1 Å². The van der Waals surface area contributed by atoms with Crippen molar-refractivity contribution < 1.29 is 0 Å². The molecule has 0 saturated carbocycles. The van der Waals surface area contributed by atoms with Crippen LogP contribution in [0, 0.1) is 17.9 Å². The van der Waals surface area contributed by atoms with Crippen molar-refractivity contribution >= 4 is 5.69 Å². The average molecular weight is 1280 g/mol. The predicted molar refractivity (Wildman–Crippen MR) is 398 cm³/mol. The maximum Gasteiger partial charge on any atom is 0.187 e. The van der Waals surface area contributed by atoms with Crippen molar-refractivity contribution in [3.05, 3.63) is 357 Å². The highest BCUT2D eigenvalue weighted by molar-refractivity contribution is 5.80. The quantitative estimate of drug-likeness (QED) is 0.0955. The molecule has 0 unspecified atom stereocenters. The fourth-order valence-corrected chi connectivity index (χ4v) is 11.6. The minimum absolute atomic E-state index is 0.511. The van der Waals surface area contributed by atoms with Crippen LogP contribution in [0.3, 0.4) is 0 Å². The van der Waals surface area contributed by atoms with Crippen LogP contribution in [-0.4, -0.2) is 49.8 Å². The zero-order chi connectivity index (χ0) is 67.4. The van der Waals surface area contributed by atoms with Crippen LogP contribution in [0.2, 0.25) is 0 Å². The third-order valence-electron chi connectivity index (χ3n) is 16.8. The van der Waals surface area contributed by atoms with Gasteiger partial charge in [-0.3, -0.25) is 0 Å². The monoisotopic (exact) mass is 1280 g/mol. The van der Waals surface area contributed by atoms with Gasteiger partial charge in [0.2, 0.25) is 0 Å². The molecule has 0 saturated heterocycles. The number of hydrogen-bond acceptors (Lipinski definition) is 11. The molecule has 0 aliphatic heterocycles. The van der Waals surface area contributed by atoms with Crippen molar-refractivity contribution in [2.45, 2.75) is 0 Å². The topological polar surface area (TPSA) is 157 Å². The lowest BCUT2D eigenvalue weighted by atomic mass is 9.99. The van der Waals surface area contributed by atoms with Crippen molar-refractivity contribution in [3.63, 3.8) is 0 Å². The lowest BCUT2D eigenvalue weighted by Crippen LogP contribution is -2.00. The lowest BCUT2D eigenvalue weighted by Gasteiger charge is -2.11. The highest BCUT2D eigenvalue weighted by Gasteiger charge is 2.18. The molecule has 12 heteroatoms. The van der Waals surface area contributed by atoms with Gasteiger partial charge in [0.05, 0.1) is 41.0 Å². The minimum atomic E-state index is 0.511. The van der Waals surface area contributed by atoms with E-state index in [2.05, 4.69) is 114 Å². The highest BCUT2D eigenvalue weighted by atomic mass is 15.0. The molecule has 0 aliphatic carbocycles. The Balaban J connectivity index is 0.000000162. The molecule has 0 spiro atoms. The summed E-state index contributed by atoms with van der Waals surface area (Å²) in [7, 11) is 0. The second-order valence-corrected chi connectivity index (χ2v) is 23.4. The Labute approximate surface area is 578 Å². The molecule has 0 fully saturated rings. The van der Waals surface area contributed by atoms with E-state index in [0.29, 0.717) is 57.8 Å². The van der Waals surface area contributed by atoms with Crippen molar-refractivity contribution in [2.75, 3.05) is 0 Å². The molecule has 100 heavy (non-hydrogen) atoms. The number of nitriles is 1. The second kappa shape index (κ2) is 28.8. The Kier molecular flexibility index (Phi) is 17.8. The van der Waals surface area contributed by atoms with Gasteiger partial charge in [-0.2, -0.15) is 5.26 Å². The van der Waals surface area contributed by atoms with Gasteiger partial charge < -0.3 is 0 Å². The molecule has 0 N–H and O–H groups in total. The second-order valence-electron chi connectivity index (χ2n) is 23.4. The summed E-state index contributed by atoms with van der Waals surface area (Å²) in [6, 6.07) is 115. The van der Waals surface area contributed by atoms with Crippen molar-refractivity contribution in [2.24, 2.45) is 0 Å². The first-order valence-electron chi connectivity index (χ1n) is 32.4. The van der Waals surface area contributed by atoms with E-state index in [-0.39, 0.29) is 0 Å². The van der Waals surface area contributed by atoms with Gasteiger partial charge in [-0.1, -0.05) is 303 Å². The fourth-order valence-electron chi connectivity index (χ4n) is 11.6. The maximum absolute atomic E-state index is 9.49. The van der Waals surface area contributed by atoms with E-state index in [1.165, 1.54) is 0 Å². The third-order valence-corrected chi connectivity index (χ3v) is 16.8. The van der Waals surface area contributed by atoms with Crippen LogP contribution >= 0.6 is 0 Å². The van der Waals surface area contributed by atoms with Gasteiger partial charge in [-0.15, -0.1) is 0 Å². The van der Waals surface area contributed by atoms with Crippen LogP contribution in [0.1, 0.15) is 5.56 Å². The van der Waals surface area contributed by atoms with Gasteiger partial charge in [-0.25, -0.2) is 54.7 Å². The van der Waals surface area contributed by atoms with Crippen LogP contribution in [-0.2, 0) is 0 Å². The Morgan fingerprint density at radius 3 is 0.780 bits per heavy atom. The molecule has 0 aliphatic rings. The van der Waals surface area contributed by atoms with Gasteiger partial charge in [0, 0.05) is 61.2 Å². The molecule has 16 aromatic rings. The van der Waals surface area contributed by atoms with Gasteiger partial charge in [-0.05, 0) is 64.2 Å². The molecular weight excluding hydrogens is 1230 g/mol. The molecule has 0 bridgehead atoms. The minimum Gasteiger partial charge on any atom is -0.238 e. The third kappa shape index (κ3) is 14.1. The molecule has 468 valence electrons. The van der Waals surface area contributed by atoms with Gasteiger partial charge in [0.1, 0.15) is 0 Å². The standard InChI is InChI=1S/2C44H28N6/c1-45-38-26-24-31(25-27-38)39-29-40(47-41(46-39)32-12-5-2-6-13-32)37-19-11-18-36(28-37)30-20-22-35(23-21-30)44-49-42(33-14-7-3-8-15-33)48-43(50-44)34-16-9-4-10-17-34;45-29-30-12-10-21-38(26-30)44-49-42(34-17-8-3-9-18-34)48-43(50-44)35-24-22-31(23-25-35)36-19-11-20-37(27-36)40-28-39(32-13-4-1-5-14-32)46-41(47-40)33-15-6-2-7-16-33/h2-29H;1-28H. The molecule has 4 heterocycles. The van der Waals surface area contributed by atoms with Crippen LogP contribution < -0.4 is 0 Å². The molecule has 0 atom stereocenters. The fraction of sp³-hybridized carbons (Fsp3) is 0. The molecule has 4 aromatic heterocycles. The number of rotatable bonds is 14. The van der Waals surface area contributed by atoms with Crippen LogP contribution in [0.4, 0.5) is 5.69 Å². The van der Waals surface area contributed by atoms with Gasteiger partial charge in [0.15, 0.2) is 52.3 Å². The van der Waals surface area contributed by atoms with Gasteiger partial charge >= 0.3 is 0 Å². The molecule has 0 amide bonds. The summed E-state index contributed by atoms with van der Waals surface area (Å²) in [5, 5.41) is 9.49. The van der Waals surface area contributed by atoms with E-state index in [1.807, 2.05) is 224 Å². The number of nitrogens with zero attached hydrogens (tertiary/aromatic N) is 12. The summed E-state index contributed by atoms with van der Waals surface area (Å²) in [5.41, 5.74) is 19.8. The molecule has 12 aromatic carbocycles. The zero-order valence-electron chi connectivity index (χ0n) is 53.7. The molecular formula is C88H56N12. The summed E-state index contributed by atoms with van der Waals surface area (Å²) in [6.07, 6.45) is 0. The normalized spacial score (nSPS) is 10.8. The zero-order valence-corrected chi connectivity index (χ0v) is 53.7. The smallest absolute Gasteiger partial charge is 0.187 e. The van der Waals surface area contributed by atoms with Crippen molar-refractivity contribution in [1.29, 1.82) is 5.26 Å². The van der Waals surface area contributed by atoms with E-state index in [9.17, 15) is 5.26 Å². The Bertz CT molecular complexity index is 5520. The van der Waals surface area contributed by atoms with E-state index >= 15 is 0 Å². The summed E-state index contributed by atoms with van der Waals surface area (Å²) >= 11 is 0. The maximum atomic E-state index is 9.49. The summed E-state index contributed by atoms with van der Waals surface area (Å²) in [5.74, 6) is 4.84. The first kappa shape index (κ1) is 61.9. The van der Waals surface area contributed by atoms with E-state index in [4.69, 9.17) is 56.4 Å². The van der Waals surface area contributed by atoms with Crippen LogP contribution in [0.15, 0.2) is 340 Å². The molecule has 0 radical (unpaired) electrons. The summed E-state index contributed by atoms with van der Waals surface area (Å²) in [6.45, 7) is 7.33. The lowest BCUT2D eigenvalue weighted by molar-refractivity contribution is 1.07. The van der Waals surface area contributed by atoms with Crippen LogP contribution in [0.25, 0.3) is 163 Å². The Morgan fingerprint density at radius 1 is 0.200 bits per heavy atom. The Morgan fingerprint density at radius 2 is 0.440 bits per heavy atom. The van der Waals surface area contributed by atoms with Crippen molar-refractivity contribution in [1.82, 2.24) is 49.8 Å². The SMILES string of the molecule is N#Cc1cccc(-c2nc(-c3ccccc3)nc(-c3ccc(-c4cccc(-c5cc(-c6ccccc6)nc(-c6ccccc6)n5)c4)cc3)n2)c1.[C-]#[N+]c1ccc(-c2cc(-c3cccc(-c4ccc(-c5nc(-c6ccccc6)nc(-c6ccccc6)n5)cc4)c3)nc(-c3ccccc3)n2)cc1. The first-order chi connectivity index (χ1) is 49.4. The predicted octanol–water partition coefficient (Wildman–Crippen LogP) is 21.1. The summed E-state index contributed by atoms with van der Waals surface area (Å²) < 4.78 is 0. The number of benzene rings is 12. The van der Waals surface area contributed by atoms with E-state index in [0.717, 1.165) is 112 Å². The molecule has 12 nitrogen and oxygen atoms in total. The van der Waals surface area contributed by atoms with Crippen molar-refractivity contribution in [3.8, 4) is 164 Å². The highest BCUT2D eigenvalue weighted by Crippen LogP contribution is 2.36. The largest absolute Gasteiger partial charge is 0.238 e. The Hall–Kier alpha value is -14.2. The number of hydrogen-bond donors (Lipinski definition) is 0. The average Bonchev–Trinajstić information content (AvgIpc) is 0.830.